The van der Waals surface area contributed by atoms with Crippen molar-refractivity contribution in [1.82, 2.24) is 15.1 Å². The van der Waals surface area contributed by atoms with Gasteiger partial charge in [0.1, 0.15) is 0 Å². The van der Waals surface area contributed by atoms with Gasteiger partial charge in [0.25, 0.3) is 5.91 Å². The second-order valence-corrected chi connectivity index (χ2v) is 5.73. The molecule has 1 aromatic heterocycles. The Labute approximate surface area is 127 Å². The Hall–Kier alpha value is -1.46. The van der Waals surface area contributed by atoms with Gasteiger partial charge in [0.2, 0.25) is 0 Å². The van der Waals surface area contributed by atoms with E-state index in [1.165, 1.54) is 0 Å². The molecule has 0 atom stereocenters. The molecule has 0 saturated heterocycles. The summed E-state index contributed by atoms with van der Waals surface area (Å²) >= 11 is 7.66. The van der Waals surface area contributed by atoms with Crippen molar-refractivity contribution >= 4 is 29.3 Å². The van der Waals surface area contributed by atoms with Gasteiger partial charge in [-0.15, -0.1) is 11.8 Å². The smallest absolute Gasteiger partial charge is 0.253 e. The molecule has 0 spiro atoms. The highest BCUT2D eigenvalue weighted by Gasteiger charge is 2.12. The van der Waals surface area contributed by atoms with E-state index in [1.807, 2.05) is 32.5 Å². The van der Waals surface area contributed by atoms with Gasteiger partial charge in [-0.2, -0.15) is 5.10 Å². The van der Waals surface area contributed by atoms with Gasteiger partial charge in [-0.1, -0.05) is 11.6 Å². The Morgan fingerprint density at radius 3 is 2.85 bits per heavy atom. The maximum Gasteiger partial charge on any atom is 0.253 e. The van der Waals surface area contributed by atoms with Gasteiger partial charge in [-0.05, 0) is 31.4 Å². The topological polar surface area (TPSA) is 46.9 Å². The molecule has 0 saturated carbocycles. The summed E-state index contributed by atoms with van der Waals surface area (Å²) in [7, 11) is 1.86. The second-order valence-electron chi connectivity index (χ2n) is 4.44. The molecule has 4 nitrogen and oxygen atoms in total. The first-order chi connectivity index (χ1) is 9.51. The van der Waals surface area contributed by atoms with Gasteiger partial charge in [0, 0.05) is 30.2 Å². The summed E-state index contributed by atoms with van der Waals surface area (Å²) in [5.74, 6) is -0.172. The lowest BCUT2D eigenvalue weighted by molar-refractivity contribution is 0.0951. The first-order valence-electron chi connectivity index (χ1n) is 6.12. The van der Waals surface area contributed by atoms with Crippen LogP contribution in [0.15, 0.2) is 29.3 Å². The zero-order chi connectivity index (χ0) is 14.7. The fraction of sp³-hybridized carbons (Fsp3) is 0.286. The minimum absolute atomic E-state index is 0.172. The predicted octanol–water partition coefficient (Wildman–Crippen LogP) is 3.03. The van der Waals surface area contributed by atoms with E-state index >= 15 is 0 Å². The average molecular weight is 310 g/mol. The van der Waals surface area contributed by atoms with Crippen LogP contribution in [-0.2, 0) is 13.6 Å². The lowest BCUT2D eigenvalue weighted by Gasteiger charge is -2.07. The normalized spacial score (nSPS) is 10.6. The number of hydrogen-bond acceptors (Lipinski definition) is 3. The molecule has 106 valence electrons. The van der Waals surface area contributed by atoms with E-state index in [9.17, 15) is 4.79 Å². The Bertz CT molecular complexity index is 639. The van der Waals surface area contributed by atoms with E-state index in [0.29, 0.717) is 17.1 Å². The van der Waals surface area contributed by atoms with Crippen LogP contribution in [0, 0.1) is 6.92 Å². The fourth-order valence-electron chi connectivity index (χ4n) is 1.90. The maximum absolute atomic E-state index is 12.2. The quantitative estimate of drug-likeness (QED) is 0.883. The van der Waals surface area contributed by atoms with Crippen molar-refractivity contribution < 1.29 is 4.79 Å². The van der Waals surface area contributed by atoms with E-state index < -0.39 is 0 Å². The van der Waals surface area contributed by atoms with E-state index in [-0.39, 0.29) is 5.91 Å². The van der Waals surface area contributed by atoms with E-state index in [2.05, 4.69) is 10.4 Å². The predicted molar refractivity (Wildman–Crippen MR) is 82.3 cm³/mol. The van der Waals surface area contributed by atoms with Crippen molar-refractivity contribution in [1.29, 1.82) is 0 Å². The molecule has 1 heterocycles. The number of benzene rings is 1. The number of rotatable bonds is 4. The molecule has 1 aromatic carbocycles. The first-order valence-corrected chi connectivity index (χ1v) is 7.72. The molecule has 0 radical (unpaired) electrons. The second kappa shape index (κ2) is 6.33. The molecule has 0 aliphatic rings. The number of halogens is 1. The molecule has 1 amide bonds. The number of hydrogen-bond donors (Lipinski definition) is 1. The Kier molecular flexibility index (Phi) is 4.73. The molecule has 20 heavy (non-hydrogen) atoms. The standard InChI is InChI=1S/C14H16ClN3OS/c1-9-10(8-18(2)17-9)7-16-14(19)12-6-11(20-3)4-5-13(12)15/h4-6,8H,7H2,1-3H3,(H,16,19). The summed E-state index contributed by atoms with van der Waals surface area (Å²) in [5, 5.41) is 7.58. The van der Waals surface area contributed by atoms with Crippen molar-refractivity contribution in [2.75, 3.05) is 6.26 Å². The van der Waals surface area contributed by atoms with Gasteiger partial charge < -0.3 is 5.32 Å². The van der Waals surface area contributed by atoms with Crippen LogP contribution in [0.1, 0.15) is 21.6 Å². The van der Waals surface area contributed by atoms with Crippen LogP contribution in [0.2, 0.25) is 5.02 Å². The third-order valence-electron chi connectivity index (χ3n) is 2.97. The van der Waals surface area contributed by atoms with Crippen LogP contribution < -0.4 is 5.32 Å². The van der Waals surface area contributed by atoms with E-state index in [0.717, 1.165) is 16.2 Å². The van der Waals surface area contributed by atoms with Crippen LogP contribution in [0.5, 0.6) is 0 Å². The third kappa shape index (κ3) is 3.35. The van der Waals surface area contributed by atoms with Gasteiger partial charge >= 0.3 is 0 Å². The van der Waals surface area contributed by atoms with Gasteiger partial charge in [-0.25, -0.2) is 0 Å². The molecular weight excluding hydrogens is 294 g/mol. The minimum atomic E-state index is -0.172. The number of nitrogens with one attached hydrogen (secondary N) is 1. The number of aryl methyl sites for hydroxylation is 2. The van der Waals surface area contributed by atoms with Crippen molar-refractivity contribution in [3.05, 3.63) is 46.2 Å². The SMILES string of the molecule is CSc1ccc(Cl)c(C(=O)NCc2cn(C)nc2C)c1. The van der Waals surface area contributed by atoms with Crippen LogP contribution >= 0.6 is 23.4 Å². The van der Waals surface area contributed by atoms with Crippen LogP contribution in [0.25, 0.3) is 0 Å². The summed E-state index contributed by atoms with van der Waals surface area (Å²) in [4.78, 5) is 13.2. The molecule has 0 aliphatic carbocycles. The number of aromatic nitrogens is 2. The molecule has 2 rings (SSSR count). The molecule has 0 unspecified atom stereocenters. The fourth-order valence-corrected chi connectivity index (χ4v) is 2.54. The van der Waals surface area contributed by atoms with Gasteiger partial charge in [0.05, 0.1) is 16.3 Å². The third-order valence-corrected chi connectivity index (χ3v) is 4.03. The average Bonchev–Trinajstić information content (AvgIpc) is 2.75. The summed E-state index contributed by atoms with van der Waals surface area (Å²) in [6.07, 6.45) is 3.86. The molecule has 0 fully saturated rings. The lowest BCUT2D eigenvalue weighted by atomic mass is 10.2. The van der Waals surface area contributed by atoms with Crippen LogP contribution in [0.4, 0.5) is 0 Å². The molecule has 1 N–H and O–H groups in total. The molecular formula is C14H16ClN3OS. The Morgan fingerprint density at radius 2 is 2.25 bits per heavy atom. The zero-order valence-electron chi connectivity index (χ0n) is 11.6. The Balaban J connectivity index is 2.10. The largest absolute Gasteiger partial charge is 0.348 e. The molecule has 0 bridgehead atoms. The minimum Gasteiger partial charge on any atom is -0.348 e. The number of carbonyl (C=O) groups excluding carboxylic acids is 1. The molecule has 6 heteroatoms. The summed E-state index contributed by atoms with van der Waals surface area (Å²) in [6, 6.07) is 5.45. The van der Waals surface area contributed by atoms with Crippen molar-refractivity contribution in [3.63, 3.8) is 0 Å². The first kappa shape index (κ1) is 14.9. The van der Waals surface area contributed by atoms with Gasteiger partial charge in [-0.3, -0.25) is 9.48 Å². The van der Waals surface area contributed by atoms with Gasteiger partial charge in [0.15, 0.2) is 0 Å². The highest BCUT2D eigenvalue weighted by atomic mass is 35.5. The molecule has 2 aromatic rings. The maximum atomic E-state index is 12.2. The van der Waals surface area contributed by atoms with E-state index in [4.69, 9.17) is 11.6 Å². The number of carbonyl (C=O) groups is 1. The van der Waals surface area contributed by atoms with Crippen LogP contribution in [-0.4, -0.2) is 21.9 Å². The number of nitrogens with zero attached hydrogens (tertiary/aromatic N) is 2. The molecule has 0 aliphatic heterocycles. The van der Waals surface area contributed by atoms with Crippen molar-refractivity contribution in [3.8, 4) is 0 Å². The van der Waals surface area contributed by atoms with E-state index in [1.54, 1.807) is 28.6 Å². The lowest BCUT2D eigenvalue weighted by Crippen LogP contribution is -2.23. The van der Waals surface area contributed by atoms with Crippen LogP contribution in [0.3, 0.4) is 0 Å². The zero-order valence-corrected chi connectivity index (χ0v) is 13.2. The Morgan fingerprint density at radius 1 is 1.50 bits per heavy atom. The summed E-state index contributed by atoms with van der Waals surface area (Å²) in [6.45, 7) is 2.36. The number of thioether (sulfide) groups is 1. The highest BCUT2D eigenvalue weighted by Crippen LogP contribution is 2.23. The summed E-state index contributed by atoms with van der Waals surface area (Å²) < 4.78 is 1.73. The highest BCUT2D eigenvalue weighted by molar-refractivity contribution is 7.98. The summed E-state index contributed by atoms with van der Waals surface area (Å²) in [5.41, 5.74) is 2.41. The number of amides is 1. The monoisotopic (exact) mass is 309 g/mol. The van der Waals surface area contributed by atoms with Crippen molar-refractivity contribution in [2.24, 2.45) is 7.05 Å². The van der Waals surface area contributed by atoms with Crippen molar-refractivity contribution in [2.45, 2.75) is 18.4 Å².